The predicted octanol–water partition coefficient (Wildman–Crippen LogP) is 0.982. The molecule has 19 heavy (non-hydrogen) atoms. The molecule has 100 valence electrons. The lowest BCUT2D eigenvalue weighted by Gasteiger charge is -2.05. The summed E-state index contributed by atoms with van der Waals surface area (Å²) in [5, 5.41) is 11.7. The first kappa shape index (κ1) is 12.1. The number of pyridine rings is 1. The summed E-state index contributed by atoms with van der Waals surface area (Å²) in [4.78, 5) is 4.17. The van der Waals surface area contributed by atoms with Gasteiger partial charge in [-0.1, -0.05) is 11.3 Å². The van der Waals surface area contributed by atoms with E-state index in [2.05, 4.69) is 20.6 Å². The molecule has 1 N–H and O–H groups in total. The molecular weight excluding hydrogens is 242 g/mol. The number of rotatable bonds is 6. The third-order valence-corrected chi connectivity index (χ3v) is 3.11. The highest BCUT2D eigenvalue weighted by Gasteiger charge is 2.20. The third-order valence-electron chi connectivity index (χ3n) is 3.11. The first-order valence-electron chi connectivity index (χ1n) is 6.45. The van der Waals surface area contributed by atoms with Crippen molar-refractivity contribution in [1.82, 2.24) is 25.3 Å². The summed E-state index contributed by atoms with van der Waals surface area (Å²) in [5.41, 5.74) is 1.96. The lowest BCUT2D eigenvalue weighted by Crippen LogP contribution is -2.15. The Labute approximate surface area is 111 Å². The third kappa shape index (κ3) is 3.08. The van der Waals surface area contributed by atoms with Crippen molar-refractivity contribution in [2.45, 2.75) is 32.0 Å². The van der Waals surface area contributed by atoms with Gasteiger partial charge in [0.05, 0.1) is 25.5 Å². The van der Waals surface area contributed by atoms with Crippen LogP contribution in [-0.4, -0.2) is 33.1 Å². The van der Waals surface area contributed by atoms with Gasteiger partial charge < -0.3 is 10.1 Å². The SMILES string of the molecule is COc1ncccc1Cn1cc(CNC2CC2)nn1. The Morgan fingerprint density at radius 2 is 2.37 bits per heavy atom. The van der Waals surface area contributed by atoms with Gasteiger partial charge in [0.2, 0.25) is 5.88 Å². The van der Waals surface area contributed by atoms with E-state index in [4.69, 9.17) is 4.74 Å². The quantitative estimate of drug-likeness (QED) is 0.837. The number of methoxy groups -OCH3 is 1. The van der Waals surface area contributed by atoms with Crippen LogP contribution in [-0.2, 0) is 13.1 Å². The molecule has 0 bridgehead atoms. The Morgan fingerprint density at radius 1 is 1.47 bits per heavy atom. The van der Waals surface area contributed by atoms with Crippen molar-refractivity contribution in [3.05, 3.63) is 35.8 Å². The van der Waals surface area contributed by atoms with Gasteiger partial charge in [0.25, 0.3) is 0 Å². The van der Waals surface area contributed by atoms with Crippen LogP contribution in [0.5, 0.6) is 5.88 Å². The van der Waals surface area contributed by atoms with Crippen molar-refractivity contribution in [3.63, 3.8) is 0 Å². The summed E-state index contributed by atoms with van der Waals surface area (Å²) >= 11 is 0. The first-order chi connectivity index (χ1) is 9.35. The van der Waals surface area contributed by atoms with E-state index in [9.17, 15) is 0 Å². The van der Waals surface area contributed by atoms with Crippen LogP contribution in [0.4, 0.5) is 0 Å². The maximum atomic E-state index is 5.23. The van der Waals surface area contributed by atoms with E-state index in [1.54, 1.807) is 13.3 Å². The van der Waals surface area contributed by atoms with Gasteiger partial charge in [-0.05, 0) is 18.9 Å². The Balaban J connectivity index is 1.65. The molecule has 1 aliphatic carbocycles. The summed E-state index contributed by atoms with van der Waals surface area (Å²) in [5.74, 6) is 0.635. The molecule has 6 nitrogen and oxygen atoms in total. The molecule has 0 unspecified atom stereocenters. The molecule has 6 heteroatoms. The van der Waals surface area contributed by atoms with Gasteiger partial charge in [0.15, 0.2) is 0 Å². The summed E-state index contributed by atoms with van der Waals surface area (Å²) in [6.07, 6.45) is 6.23. The molecule has 0 aromatic carbocycles. The van der Waals surface area contributed by atoms with Crippen molar-refractivity contribution in [1.29, 1.82) is 0 Å². The molecule has 2 aromatic rings. The molecule has 2 heterocycles. The van der Waals surface area contributed by atoms with E-state index in [0.717, 1.165) is 17.8 Å². The Bertz CT molecular complexity index is 549. The topological polar surface area (TPSA) is 64.9 Å². The smallest absolute Gasteiger partial charge is 0.218 e. The highest BCUT2D eigenvalue weighted by Crippen LogP contribution is 2.19. The number of nitrogens with one attached hydrogen (secondary N) is 1. The number of hydrogen-bond donors (Lipinski definition) is 1. The predicted molar refractivity (Wildman–Crippen MR) is 69.8 cm³/mol. The van der Waals surface area contributed by atoms with E-state index in [0.29, 0.717) is 18.5 Å². The Morgan fingerprint density at radius 3 is 3.16 bits per heavy atom. The van der Waals surface area contributed by atoms with Crippen LogP contribution >= 0.6 is 0 Å². The molecule has 0 spiro atoms. The van der Waals surface area contributed by atoms with Crippen molar-refractivity contribution in [3.8, 4) is 5.88 Å². The largest absolute Gasteiger partial charge is 0.481 e. The lowest BCUT2D eigenvalue weighted by atomic mass is 10.3. The summed E-state index contributed by atoms with van der Waals surface area (Å²) in [7, 11) is 1.62. The fourth-order valence-electron chi connectivity index (χ4n) is 1.94. The van der Waals surface area contributed by atoms with E-state index in [-0.39, 0.29) is 0 Å². The zero-order valence-corrected chi connectivity index (χ0v) is 10.9. The summed E-state index contributed by atoms with van der Waals surface area (Å²) < 4.78 is 7.04. The molecule has 3 rings (SSSR count). The molecule has 0 saturated heterocycles. The van der Waals surface area contributed by atoms with Crippen LogP contribution in [0.25, 0.3) is 0 Å². The van der Waals surface area contributed by atoms with E-state index < -0.39 is 0 Å². The van der Waals surface area contributed by atoms with Crippen LogP contribution in [0.1, 0.15) is 24.1 Å². The van der Waals surface area contributed by atoms with Crippen LogP contribution in [0.3, 0.4) is 0 Å². The summed E-state index contributed by atoms with van der Waals surface area (Å²) in [6.45, 7) is 1.41. The maximum absolute atomic E-state index is 5.23. The van der Waals surface area contributed by atoms with Crippen LogP contribution in [0.15, 0.2) is 24.5 Å². The minimum absolute atomic E-state index is 0.618. The molecule has 0 amide bonds. The minimum Gasteiger partial charge on any atom is -0.481 e. The van der Waals surface area contributed by atoms with Crippen molar-refractivity contribution >= 4 is 0 Å². The number of aromatic nitrogens is 4. The second-order valence-corrected chi connectivity index (χ2v) is 4.73. The molecular formula is C13H17N5O. The first-order valence-corrected chi connectivity index (χ1v) is 6.45. The second kappa shape index (κ2) is 5.36. The monoisotopic (exact) mass is 259 g/mol. The highest BCUT2D eigenvalue weighted by molar-refractivity contribution is 5.25. The van der Waals surface area contributed by atoms with E-state index in [1.807, 2.05) is 23.0 Å². The minimum atomic E-state index is 0.618. The summed E-state index contributed by atoms with van der Waals surface area (Å²) in [6, 6.07) is 4.56. The zero-order valence-electron chi connectivity index (χ0n) is 10.9. The standard InChI is InChI=1S/C13H17N5O/c1-19-13-10(3-2-6-14-13)8-18-9-12(16-17-18)7-15-11-4-5-11/h2-3,6,9,11,15H,4-5,7-8H2,1H3. The van der Waals surface area contributed by atoms with Crippen molar-refractivity contribution in [2.75, 3.05) is 7.11 Å². The van der Waals surface area contributed by atoms with Crippen molar-refractivity contribution in [2.24, 2.45) is 0 Å². The lowest BCUT2D eigenvalue weighted by molar-refractivity contribution is 0.390. The van der Waals surface area contributed by atoms with Gasteiger partial charge in [-0.15, -0.1) is 5.10 Å². The van der Waals surface area contributed by atoms with E-state index in [1.165, 1.54) is 12.8 Å². The number of hydrogen-bond acceptors (Lipinski definition) is 5. The number of nitrogens with zero attached hydrogens (tertiary/aromatic N) is 4. The normalized spacial score (nSPS) is 14.6. The van der Waals surface area contributed by atoms with Crippen LogP contribution in [0, 0.1) is 0 Å². The Hall–Kier alpha value is -1.95. The fraction of sp³-hybridized carbons (Fsp3) is 0.462. The molecule has 2 aromatic heterocycles. The van der Waals surface area contributed by atoms with Gasteiger partial charge in [-0.3, -0.25) is 0 Å². The van der Waals surface area contributed by atoms with Crippen LogP contribution < -0.4 is 10.1 Å². The average Bonchev–Trinajstić information content (AvgIpc) is 3.17. The van der Waals surface area contributed by atoms with E-state index >= 15 is 0 Å². The van der Waals surface area contributed by atoms with Gasteiger partial charge in [-0.2, -0.15) is 0 Å². The van der Waals surface area contributed by atoms with Gasteiger partial charge >= 0.3 is 0 Å². The zero-order chi connectivity index (χ0) is 13.1. The Kier molecular flexibility index (Phi) is 3.41. The highest BCUT2D eigenvalue weighted by atomic mass is 16.5. The molecule has 0 atom stereocenters. The molecule has 0 aliphatic heterocycles. The van der Waals surface area contributed by atoms with Crippen molar-refractivity contribution < 1.29 is 4.74 Å². The second-order valence-electron chi connectivity index (χ2n) is 4.73. The fourth-order valence-corrected chi connectivity index (χ4v) is 1.94. The molecule has 1 aliphatic rings. The number of ether oxygens (including phenoxy) is 1. The molecule has 0 radical (unpaired) electrons. The van der Waals surface area contributed by atoms with Gasteiger partial charge in [0, 0.05) is 24.3 Å². The van der Waals surface area contributed by atoms with Gasteiger partial charge in [0.1, 0.15) is 0 Å². The van der Waals surface area contributed by atoms with Crippen LogP contribution in [0.2, 0.25) is 0 Å². The molecule has 1 saturated carbocycles. The average molecular weight is 259 g/mol. The molecule has 1 fully saturated rings. The maximum Gasteiger partial charge on any atom is 0.218 e. The van der Waals surface area contributed by atoms with Gasteiger partial charge in [-0.25, -0.2) is 9.67 Å².